The van der Waals surface area contributed by atoms with Crippen molar-refractivity contribution in [1.29, 1.82) is 5.26 Å². The molecule has 4 nitrogen and oxygen atoms in total. The molecule has 2 unspecified atom stereocenters. The second-order valence-electron chi connectivity index (χ2n) is 5.62. The SMILES string of the molecule is Cc1ccc(C(C#N)N2CCN3CCCC3C2)nc1. The van der Waals surface area contributed by atoms with Gasteiger partial charge in [0.2, 0.25) is 0 Å². The van der Waals surface area contributed by atoms with Gasteiger partial charge in [0, 0.05) is 31.9 Å². The first-order valence-corrected chi connectivity index (χ1v) is 7.08. The molecule has 2 fully saturated rings. The first kappa shape index (κ1) is 12.6. The molecule has 0 radical (unpaired) electrons. The average molecular weight is 256 g/mol. The zero-order valence-corrected chi connectivity index (χ0v) is 11.4. The lowest BCUT2D eigenvalue weighted by Crippen LogP contribution is -2.50. The lowest BCUT2D eigenvalue weighted by atomic mass is 10.1. The minimum Gasteiger partial charge on any atom is -0.298 e. The zero-order chi connectivity index (χ0) is 13.2. The summed E-state index contributed by atoms with van der Waals surface area (Å²) in [6.07, 6.45) is 4.43. The van der Waals surface area contributed by atoms with E-state index >= 15 is 0 Å². The maximum absolute atomic E-state index is 9.50. The Kier molecular flexibility index (Phi) is 3.50. The van der Waals surface area contributed by atoms with Gasteiger partial charge < -0.3 is 0 Å². The van der Waals surface area contributed by atoms with Gasteiger partial charge in [0.15, 0.2) is 0 Å². The molecule has 3 rings (SSSR count). The third-order valence-electron chi connectivity index (χ3n) is 4.32. The van der Waals surface area contributed by atoms with Gasteiger partial charge in [-0.15, -0.1) is 0 Å². The van der Waals surface area contributed by atoms with Gasteiger partial charge in [0.25, 0.3) is 0 Å². The maximum atomic E-state index is 9.50. The molecule has 2 saturated heterocycles. The van der Waals surface area contributed by atoms with Crippen molar-refractivity contribution >= 4 is 0 Å². The lowest BCUT2D eigenvalue weighted by molar-refractivity contribution is 0.0864. The molecule has 1 aromatic rings. The number of nitriles is 1. The van der Waals surface area contributed by atoms with E-state index in [1.54, 1.807) is 0 Å². The Bertz CT molecular complexity index is 476. The molecule has 2 aliphatic heterocycles. The van der Waals surface area contributed by atoms with Gasteiger partial charge in [-0.3, -0.25) is 14.8 Å². The molecule has 0 aromatic carbocycles. The predicted octanol–water partition coefficient (Wildman–Crippen LogP) is 1.73. The molecule has 0 amide bonds. The molecule has 0 bridgehead atoms. The van der Waals surface area contributed by atoms with Crippen LogP contribution in [-0.2, 0) is 0 Å². The Morgan fingerprint density at radius 2 is 2.26 bits per heavy atom. The van der Waals surface area contributed by atoms with E-state index in [9.17, 15) is 5.26 Å². The summed E-state index contributed by atoms with van der Waals surface area (Å²) in [7, 11) is 0. The summed E-state index contributed by atoms with van der Waals surface area (Å²) in [6.45, 7) is 6.33. The Morgan fingerprint density at radius 3 is 3.00 bits per heavy atom. The molecule has 3 heterocycles. The number of aryl methyl sites for hydroxylation is 1. The third-order valence-corrected chi connectivity index (χ3v) is 4.32. The lowest BCUT2D eigenvalue weighted by Gasteiger charge is -2.39. The molecule has 100 valence electrons. The minimum absolute atomic E-state index is 0.191. The van der Waals surface area contributed by atoms with Crippen LogP contribution in [0.5, 0.6) is 0 Å². The van der Waals surface area contributed by atoms with Crippen LogP contribution in [0.4, 0.5) is 0 Å². The summed E-state index contributed by atoms with van der Waals surface area (Å²) < 4.78 is 0. The van der Waals surface area contributed by atoms with E-state index in [2.05, 4.69) is 20.9 Å². The number of nitrogens with zero attached hydrogens (tertiary/aromatic N) is 4. The third kappa shape index (κ3) is 2.49. The van der Waals surface area contributed by atoms with Crippen LogP contribution in [0.15, 0.2) is 18.3 Å². The van der Waals surface area contributed by atoms with Crippen molar-refractivity contribution in [2.75, 3.05) is 26.2 Å². The van der Waals surface area contributed by atoms with Crippen LogP contribution in [0.25, 0.3) is 0 Å². The van der Waals surface area contributed by atoms with Crippen LogP contribution >= 0.6 is 0 Å². The summed E-state index contributed by atoms with van der Waals surface area (Å²) >= 11 is 0. The number of aromatic nitrogens is 1. The maximum Gasteiger partial charge on any atom is 0.141 e. The fourth-order valence-electron chi connectivity index (χ4n) is 3.23. The van der Waals surface area contributed by atoms with Crippen LogP contribution in [0, 0.1) is 18.3 Å². The molecular weight excluding hydrogens is 236 g/mol. The average Bonchev–Trinajstić information content (AvgIpc) is 2.89. The molecule has 2 aliphatic rings. The van der Waals surface area contributed by atoms with Crippen molar-refractivity contribution < 1.29 is 0 Å². The molecule has 1 aromatic heterocycles. The van der Waals surface area contributed by atoms with Crippen molar-refractivity contribution in [2.45, 2.75) is 31.8 Å². The van der Waals surface area contributed by atoms with Crippen molar-refractivity contribution in [3.63, 3.8) is 0 Å². The zero-order valence-electron chi connectivity index (χ0n) is 11.4. The quantitative estimate of drug-likeness (QED) is 0.808. The second-order valence-corrected chi connectivity index (χ2v) is 5.62. The van der Waals surface area contributed by atoms with Crippen molar-refractivity contribution in [3.05, 3.63) is 29.6 Å². The van der Waals surface area contributed by atoms with Gasteiger partial charge in [-0.1, -0.05) is 6.07 Å². The number of fused-ring (bicyclic) bond motifs is 1. The number of hydrogen-bond donors (Lipinski definition) is 0. The number of hydrogen-bond acceptors (Lipinski definition) is 4. The number of piperazine rings is 1. The summed E-state index contributed by atoms with van der Waals surface area (Å²) in [4.78, 5) is 9.29. The highest BCUT2D eigenvalue weighted by molar-refractivity contribution is 5.20. The monoisotopic (exact) mass is 256 g/mol. The predicted molar refractivity (Wildman–Crippen MR) is 73.5 cm³/mol. The Hall–Kier alpha value is -1.44. The van der Waals surface area contributed by atoms with Crippen molar-refractivity contribution in [3.8, 4) is 6.07 Å². The Balaban J connectivity index is 1.75. The first-order chi connectivity index (χ1) is 9.28. The van der Waals surface area contributed by atoms with Crippen LogP contribution < -0.4 is 0 Å². The van der Waals surface area contributed by atoms with Gasteiger partial charge in [-0.05, 0) is 37.9 Å². The Morgan fingerprint density at radius 1 is 1.37 bits per heavy atom. The van der Waals surface area contributed by atoms with Crippen LogP contribution in [0.1, 0.15) is 30.1 Å². The molecule has 0 N–H and O–H groups in total. The van der Waals surface area contributed by atoms with Gasteiger partial charge in [0.05, 0.1) is 11.8 Å². The van der Waals surface area contributed by atoms with Gasteiger partial charge in [0.1, 0.15) is 6.04 Å². The van der Waals surface area contributed by atoms with E-state index in [1.165, 1.54) is 19.4 Å². The molecular formula is C15H20N4. The van der Waals surface area contributed by atoms with E-state index < -0.39 is 0 Å². The molecule has 19 heavy (non-hydrogen) atoms. The Labute approximate surface area is 114 Å². The van der Waals surface area contributed by atoms with E-state index in [0.29, 0.717) is 6.04 Å². The van der Waals surface area contributed by atoms with Gasteiger partial charge in [-0.2, -0.15) is 5.26 Å². The van der Waals surface area contributed by atoms with E-state index in [0.717, 1.165) is 30.9 Å². The summed E-state index contributed by atoms with van der Waals surface area (Å²) in [5.41, 5.74) is 2.03. The first-order valence-electron chi connectivity index (χ1n) is 7.08. The van der Waals surface area contributed by atoms with Crippen molar-refractivity contribution in [1.82, 2.24) is 14.8 Å². The fraction of sp³-hybridized carbons (Fsp3) is 0.600. The van der Waals surface area contributed by atoms with E-state index in [4.69, 9.17) is 0 Å². The highest BCUT2D eigenvalue weighted by Crippen LogP contribution is 2.27. The standard InChI is InChI=1S/C15H20N4/c1-12-4-5-14(17-10-12)15(9-16)19-8-7-18-6-2-3-13(18)11-19/h4-5,10,13,15H,2-3,6-8,11H2,1H3. The largest absolute Gasteiger partial charge is 0.298 e. The molecule has 2 atom stereocenters. The summed E-state index contributed by atoms with van der Waals surface area (Å²) in [5, 5.41) is 9.50. The van der Waals surface area contributed by atoms with Crippen molar-refractivity contribution in [2.24, 2.45) is 0 Å². The van der Waals surface area contributed by atoms with E-state index in [1.807, 2.05) is 25.3 Å². The second kappa shape index (κ2) is 5.28. The molecule has 0 aliphatic carbocycles. The highest BCUT2D eigenvalue weighted by Gasteiger charge is 2.34. The normalized spacial score (nSPS) is 25.8. The highest BCUT2D eigenvalue weighted by atomic mass is 15.3. The molecule has 0 saturated carbocycles. The summed E-state index contributed by atoms with van der Waals surface area (Å²) in [5.74, 6) is 0. The van der Waals surface area contributed by atoms with E-state index in [-0.39, 0.29) is 6.04 Å². The fourth-order valence-corrected chi connectivity index (χ4v) is 3.23. The van der Waals surface area contributed by atoms with Crippen LogP contribution in [0.3, 0.4) is 0 Å². The van der Waals surface area contributed by atoms with Gasteiger partial charge in [-0.25, -0.2) is 0 Å². The number of rotatable bonds is 2. The van der Waals surface area contributed by atoms with Crippen LogP contribution in [0.2, 0.25) is 0 Å². The number of pyridine rings is 1. The molecule has 0 spiro atoms. The molecule has 4 heteroatoms. The topological polar surface area (TPSA) is 43.2 Å². The smallest absolute Gasteiger partial charge is 0.141 e. The minimum atomic E-state index is -0.191. The summed E-state index contributed by atoms with van der Waals surface area (Å²) in [6, 6.07) is 6.92. The van der Waals surface area contributed by atoms with Crippen LogP contribution in [-0.4, -0.2) is 47.0 Å². The van der Waals surface area contributed by atoms with Gasteiger partial charge >= 0.3 is 0 Å².